The first-order valence-electron chi connectivity index (χ1n) is 12.9. The molecule has 0 unspecified atom stereocenters. The quantitative estimate of drug-likeness (QED) is 0.152. The van der Waals surface area contributed by atoms with Crippen LogP contribution in [0.2, 0.25) is 0 Å². The van der Waals surface area contributed by atoms with E-state index in [0.29, 0.717) is 48.9 Å². The van der Waals surface area contributed by atoms with Crippen LogP contribution in [0.4, 0.5) is 26.7 Å². The zero-order valence-corrected chi connectivity index (χ0v) is 23.7. The van der Waals surface area contributed by atoms with Gasteiger partial charge in [-0.1, -0.05) is 34.1 Å². The Labute approximate surface area is 242 Å². The summed E-state index contributed by atoms with van der Waals surface area (Å²) >= 11 is 3.38. The second kappa shape index (κ2) is 14.6. The fourth-order valence-electron chi connectivity index (χ4n) is 3.81. The van der Waals surface area contributed by atoms with E-state index in [4.69, 9.17) is 9.47 Å². The average Bonchev–Trinajstić information content (AvgIpc) is 2.96. The summed E-state index contributed by atoms with van der Waals surface area (Å²) in [6.07, 6.45) is 0.534. The molecule has 8 nitrogen and oxygen atoms in total. The van der Waals surface area contributed by atoms with Crippen LogP contribution in [0.3, 0.4) is 0 Å². The maximum Gasteiger partial charge on any atom is 0.326 e. The molecule has 9 heteroatoms. The third-order valence-corrected chi connectivity index (χ3v) is 6.26. The van der Waals surface area contributed by atoms with E-state index in [1.807, 2.05) is 97.9 Å². The standard InChI is InChI=1S/C31H31BrN4O4/c1-2-39-27-17-13-25(14-18-27)35-31(38)36(22-6-21-33-30(37)34-24-11-9-23(32)10-12-24)26-15-19-29(20-16-26)40-28-7-4-3-5-8-28/h3-5,7-20H,2,6,21-22H2,1H3,(H,35,38)(H2,33,34,37). The Morgan fingerprint density at radius 1 is 0.750 bits per heavy atom. The molecule has 40 heavy (non-hydrogen) atoms. The van der Waals surface area contributed by atoms with Crippen LogP contribution >= 0.6 is 15.9 Å². The van der Waals surface area contributed by atoms with E-state index in [-0.39, 0.29) is 12.1 Å². The topological polar surface area (TPSA) is 91.9 Å². The molecular weight excluding hydrogens is 572 g/mol. The smallest absolute Gasteiger partial charge is 0.326 e. The van der Waals surface area contributed by atoms with Crippen molar-refractivity contribution in [3.63, 3.8) is 0 Å². The molecular formula is C31H31BrN4O4. The Kier molecular flexibility index (Phi) is 10.4. The highest BCUT2D eigenvalue weighted by atomic mass is 79.9. The number of benzene rings is 4. The van der Waals surface area contributed by atoms with Crippen molar-refractivity contribution in [2.45, 2.75) is 13.3 Å². The molecule has 0 saturated heterocycles. The monoisotopic (exact) mass is 602 g/mol. The molecule has 4 amide bonds. The minimum atomic E-state index is -0.310. The minimum absolute atomic E-state index is 0.291. The molecule has 0 fully saturated rings. The van der Waals surface area contributed by atoms with E-state index < -0.39 is 0 Å². The molecule has 0 aliphatic heterocycles. The lowest BCUT2D eigenvalue weighted by Crippen LogP contribution is -2.38. The van der Waals surface area contributed by atoms with E-state index in [1.54, 1.807) is 17.0 Å². The minimum Gasteiger partial charge on any atom is -0.494 e. The van der Waals surface area contributed by atoms with Crippen LogP contribution in [-0.4, -0.2) is 31.8 Å². The van der Waals surface area contributed by atoms with Crippen molar-refractivity contribution in [1.29, 1.82) is 0 Å². The SMILES string of the molecule is CCOc1ccc(NC(=O)N(CCCNC(=O)Nc2ccc(Br)cc2)c2ccc(Oc3ccccc3)cc2)cc1. The first-order valence-corrected chi connectivity index (χ1v) is 13.7. The number of nitrogens with one attached hydrogen (secondary N) is 3. The zero-order valence-electron chi connectivity index (χ0n) is 22.1. The van der Waals surface area contributed by atoms with Crippen molar-refractivity contribution in [2.24, 2.45) is 0 Å². The Morgan fingerprint density at radius 2 is 1.35 bits per heavy atom. The summed E-state index contributed by atoms with van der Waals surface area (Å²) in [5, 5.41) is 8.59. The second-order valence-corrected chi connectivity index (χ2v) is 9.61. The van der Waals surface area contributed by atoms with Crippen LogP contribution in [0.15, 0.2) is 108 Å². The van der Waals surface area contributed by atoms with Gasteiger partial charge in [-0.3, -0.25) is 4.90 Å². The maximum absolute atomic E-state index is 13.3. The van der Waals surface area contributed by atoms with Crippen molar-refractivity contribution < 1.29 is 19.1 Å². The molecule has 0 heterocycles. The Bertz CT molecular complexity index is 1370. The van der Waals surface area contributed by atoms with Crippen molar-refractivity contribution in [2.75, 3.05) is 35.2 Å². The number of hydrogen-bond donors (Lipinski definition) is 3. The van der Waals surface area contributed by atoms with Gasteiger partial charge in [-0.2, -0.15) is 0 Å². The fraction of sp³-hybridized carbons (Fsp3) is 0.161. The number of carbonyl (C=O) groups excluding carboxylic acids is 2. The van der Waals surface area contributed by atoms with Gasteiger partial charge in [-0.05, 0) is 98.3 Å². The van der Waals surface area contributed by atoms with Gasteiger partial charge in [-0.25, -0.2) is 9.59 Å². The van der Waals surface area contributed by atoms with Gasteiger partial charge >= 0.3 is 12.1 Å². The molecule has 0 aliphatic carbocycles. The van der Waals surface area contributed by atoms with Gasteiger partial charge in [0.05, 0.1) is 6.61 Å². The van der Waals surface area contributed by atoms with Gasteiger partial charge in [0.15, 0.2) is 0 Å². The van der Waals surface area contributed by atoms with Crippen molar-refractivity contribution in [3.8, 4) is 17.2 Å². The molecule has 4 aromatic carbocycles. The fourth-order valence-corrected chi connectivity index (χ4v) is 4.07. The third kappa shape index (κ3) is 8.78. The molecule has 206 valence electrons. The third-order valence-electron chi connectivity index (χ3n) is 5.74. The average molecular weight is 604 g/mol. The summed E-state index contributed by atoms with van der Waals surface area (Å²) < 4.78 is 12.3. The number of hydrogen-bond acceptors (Lipinski definition) is 4. The number of nitrogens with zero attached hydrogens (tertiary/aromatic N) is 1. The summed E-state index contributed by atoms with van der Waals surface area (Å²) in [5.74, 6) is 2.12. The van der Waals surface area contributed by atoms with Crippen LogP contribution in [0, 0.1) is 0 Å². The van der Waals surface area contributed by atoms with E-state index in [0.717, 1.165) is 16.0 Å². The first-order chi connectivity index (χ1) is 19.5. The molecule has 0 saturated carbocycles. The predicted molar refractivity (Wildman–Crippen MR) is 163 cm³/mol. The number of urea groups is 2. The van der Waals surface area contributed by atoms with Gasteiger partial charge in [0.2, 0.25) is 0 Å². The Morgan fingerprint density at radius 3 is 2.02 bits per heavy atom. The summed E-state index contributed by atoms with van der Waals surface area (Å²) in [4.78, 5) is 27.3. The van der Waals surface area contributed by atoms with Crippen molar-refractivity contribution in [1.82, 2.24) is 5.32 Å². The number of carbonyl (C=O) groups is 2. The largest absolute Gasteiger partial charge is 0.494 e. The molecule has 0 aliphatic rings. The number of amides is 4. The van der Waals surface area contributed by atoms with E-state index in [9.17, 15) is 9.59 Å². The van der Waals surface area contributed by atoms with Crippen LogP contribution in [0.1, 0.15) is 13.3 Å². The number of rotatable bonds is 11. The van der Waals surface area contributed by atoms with Gasteiger partial charge in [0.25, 0.3) is 0 Å². The summed E-state index contributed by atoms with van der Waals surface area (Å²) in [6, 6.07) is 30.8. The van der Waals surface area contributed by atoms with Gasteiger partial charge < -0.3 is 25.4 Å². The predicted octanol–water partition coefficient (Wildman–Crippen LogP) is 7.89. The highest BCUT2D eigenvalue weighted by molar-refractivity contribution is 9.10. The number of para-hydroxylation sites is 1. The molecule has 4 aromatic rings. The van der Waals surface area contributed by atoms with Crippen molar-refractivity contribution >= 4 is 45.1 Å². The van der Waals surface area contributed by atoms with Gasteiger partial charge in [0.1, 0.15) is 17.2 Å². The highest BCUT2D eigenvalue weighted by Crippen LogP contribution is 2.25. The maximum atomic E-state index is 13.3. The highest BCUT2D eigenvalue weighted by Gasteiger charge is 2.16. The van der Waals surface area contributed by atoms with Crippen LogP contribution < -0.4 is 30.3 Å². The lowest BCUT2D eigenvalue weighted by Gasteiger charge is -2.24. The molecule has 0 radical (unpaired) electrons. The van der Waals surface area contributed by atoms with Crippen LogP contribution in [0.5, 0.6) is 17.2 Å². The summed E-state index contributed by atoms with van der Waals surface area (Å²) in [5.41, 5.74) is 2.03. The lowest BCUT2D eigenvalue weighted by atomic mass is 10.2. The first kappa shape index (κ1) is 28.5. The second-order valence-electron chi connectivity index (χ2n) is 8.69. The lowest BCUT2D eigenvalue weighted by molar-refractivity contribution is 0.252. The molecule has 4 rings (SSSR count). The number of anilines is 3. The van der Waals surface area contributed by atoms with Gasteiger partial charge in [0, 0.05) is 34.6 Å². The van der Waals surface area contributed by atoms with Crippen LogP contribution in [0.25, 0.3) is 0 Å². The molecule has 3 N–H and O–H groups in total. The number of halogens is 1. The Hall–Kier alpha value is -4.50. The summed E-state index contributed by atoms with van der Waals surface area (Å²) in [6.45, 7) is 3.24. The molecule has 0 atom stereocenters. The summed E-state index contributed by atoms with van der Waals surface area (Å²) in [7, 11) is 0. The molecule has 0 aromatic heterocycles. The van der Waals surface area contributed by atoms with Gasteiger partial charge in [-0.15, -0.1) is 0 Å². The molecule has 0 spiro atoms. The number of ether oxygens (including phenoxy) is 2. The normalized spacial score (nSPS) is 10.3. The van der Waals surface area contributed by atoms with Crippen molar-refractivity contribution in [3.05, 3.63) is 108 Å². The Balaban J connectivity index is 1.39. The van der Waals surface area contributed by atoms with E-state index >= 15 is 0 Å². The van der Waals surface area contributed by atoms with E-state index in [2.05, 4.69) is 31.9 Å². The zero-order chi connectivity index (χ0) is 28.2. The van der Waals surface area contributed by atoms with E-state index in [1.165, 1.54) is 0 Å². The molecule has 0 bridgehead atoms. The van der Waals surface area contributed by atoms with Crippen LogP contribution in [-0.2, 0) is 0 Å².